The number of anilines is 2. The highest BCUT2D eigenvalue weighted by atomic mass is 32.1. The van der Waals surface area contributed by atoms with Crippen LogP contribution in [0, 0.1) is 0 Å². The van der Waals surface area contributed by atoms with Gasteiger partial charge in [-0.15, -0.1) is 11.3 Å². The first kappa shape index (κ1) is 20.4. The molecule has 1 aromatic heterocycles. The van der Waals surface area contributed by atoms with Crippen molar-refractivity contribution in [1.29, 1.82) is 0 Å². The van der Waals surface area contributed by atoms with E-state index in [1.165, 1.54) is 29.8 Å². The Labute approximate surface area is 177 Å². The van der Waals surface area contributed by atoms with Crippen LogP contribution in [0.15, 0.2) is 41.8 Å². The summed E-state index contributed by atoms with van der Waals surface area (Å²) >= 11 is 1.74. The van der Waals surface area contributed by atoms with Gasteiger partial charge in [-0.05, 0) is 67.8 Å². The molecule has 0 aliphatic carbocycles. The van der Waals surface area contributed by atoms with E-state index in [9.17, 15) is 4.79 Å². The molecule has 0 bridgehead atoms. The maximum absolute atomic E-state index is 12.7. The molecule has 29 heavy (non-hydrogen) atoms. The van der Waals surface area contributed by atoms with E-state index in [4.69, 9.17) is 4.74 Å². The standard InChI is InChI=1S/C23H31N3O2S/c27-23(24-19-8-10-20(11-9-19)26-12-2-1-3-13-26)18-25(16-21-6-4-14-28-21)17-22-7-5-15-29-22/h5,7-11,15,21H,1-4,6,12-14,16-18H2,(H,24,27)/t21-/m0/s1. The topological polar surface area (TPSA) is 44.8 Å². The van der Waals surface area contributed by atoms with Crippen molar-refractivity contribution in [2.75, 3.05) is 43.0 Å². The molecule has 3 heterocycles. The summed E-state index contributed by atoms with van der Waals surface area (Å²) in [5.74, 6) is 0.0327. The van der Waals surface area contributed by atoms with Crippen LogP contribution in [0.2, 0.25) is 0 Å². The van der Waals surface area contributed by atoms with Crippen molar-refractivity contribution < 1.29 is 9.53 Å². The molecule has 2 aromatic rings. The van der Waals surface area contributed by atoms with E-state index in [0.717, 1.165) is 51.3 Å². The minimum absolute atomic E-state index is 0.0327. The van der Waals surface area contributed by atoms with Crippen LogP contribution in [0.3, 0.4) is 0 Å². The highest BCUT2D eigenvalue weighted by molar-refractivity contribution is 7.09. The van der Waals surface area contributed by atoms with Gasteiger partial charge in [-0.3, -0.25) is 9.69 Å². The summed E-state index contributed by atoms with van der Waals surface area (Å²) in [6, 6.07) is 12.5. The molecule has 1 atom stereocenters. The summed E-state index contributed by atoms with van der Waals surface area (Å²) < 4.78 is 5.80. The second kappa shape index (κ2) is 10.2. The Hall–Kier alpha value is -1.89. The quantitative estimate of drug-likeness (QED) is 0.698. The van der Waals surface area contributed by atoms with Gasteiger partial charge < -0.3 is 15.0 Å². The van der Waals surface area contributed by atoms with E-state index in [0.29, 0.717) is 6.54 Å². The fraction of sp³-hybridized carbons (Fsp3) is 0.522. The van der Waals surface area contributed by atoms with Gasteiger partial charge in [0, 0.05) is 49.0 Å². The van der Waals surface area contributed by atoms with Gasteiger partial charge in [0.15, 0.2) is 0 Å². The van der Waals surface area contributed by atoms with Gasteiger partial charge in [-0.25, -0.2) is 0 Å². The summed E-state index contributed by atoms with van der Waals surface area (Å²) in [4.78, 5) is 18.6. The Morgan fingerprint density at radius 3 is 2.66 bits per heavy atom. The molecule has 1 aromatic carbocycles. The predicted molar refractivity (Wildman–Crippen MR) is 120 cm³/mol. The normalized spacial score (nSPS) is 19.6. The Morgan fingerprint density at radius 1 is 1.14 bits per heavy atom. The van der Waals surface area contributed by atoms with E-state index in [-0.39, 0.29) is 12.0 Å². The number of rotatable bonds is 8. The summed E-state index contributed by atoms with van der Waals surface area (Å²) in [7, 11) is 0. The second-order valence-electron chi connectivity index (χ2n) is 8.03. The zero-order valence-electron chi connectivity index (χ0n) is 17.0. The van der Waals surface area contributed by atoms with Gasteiger partial charge >= 0.3 is 0 Å². The molecule has 1 N–H and O–H groups in total. The Kier molecular flexibility index (Phi) is 7.19. The summed E-state index contributed by atoms with van der Waals surface area (Å²) in [5, 5.41) is 5.16. The first-order chi connectivity index (χ1) is 14.3. The van der Waals surface area contributed by atoms with Crippen molar-refractivity contribution in [3.05, 3.63) is 46.7 Å². The predicted octanol–water partition coefficient (Wildman–Crippen LogP) is 4.36. The molecule has 2 aliphatic rings. The highest BCUT2D eigenvalue weighted by Crippen LogP contribution is 2.22. The summed E-state index contributed by atoms with van der Waals surface area (Å²) in [5.41, 5.74) is 2.12. The van der Waals surface area contributed by atoms with Crippen molar-refractivity contribution in [3.8, 4) is 0 Å². The SMILES string of the molecule is O=C(CN(Cc1cccs1)C[C@@H]1CCCO1)Nc1ccc(N2CCCCC2)cc1. The molecule has 2 aliphatic heterocycles. The molecular formula is C23H31N3O2S. The number of benzene rings is 1. The molecular weight excluding hydrogens is 382 g/mol. The average Bonchev–Trinajstić information content (AvgIpc) is 3.43. The zero-order chi connectivity index (χ0) is 19.9. The first-order valence-electron chi connectivity index (χ1n) is 10.8. The zero-order valence-corrected chi connectivity index (χ0v) is 17.8. The van der Waals surface area contributed by atoms with Crippen LogP contribution in [0.5, 0.6) is 0 Å². The Bertz CT molecular complexity index is 751. The first-order valence-corrected chi connectivity index (χ1v) is 11.7. The number of hydrogen-bond donors (Lipinski definition) is 1. The lowest BCUT2D eigenvalue weighted by Crippen LogP contribution is -2.37. The minimum Gasteiger partial charge on any atom is -0.377 e. The fourth-order valence-electron chi connectivity index (χ4n) is 4.20. The van der Waals surface area contributed by atoms with E-state index < -0.39 is 0 Å². The molecule has 0 unspecified atom stereocenters. The van der Waals surface area contributed by atoms with Gasteiger partial charge in [-0.1, -0.05) is 6.07 Å². The average molecular weight is 414 g/mol. The second-order valence-corrected chi connectivity index (χ2v) is 9.06. The van der Waals surface area contributed by atoms with Crippen molar-refractivity contribution >= 4 is 28.6 Å². The van der Waals surface area contributed by atoms with E-state index in [1.54, 1.807) is 11.3 Å². The molecule has 5 nitrogen and oxygen atoms in total. The van der Waals surface area contributed by atoms with Crippen molar-refractivity contribution in [2.45, 2.75) is 44.8 Å². The Balaban J connectivity index is 1.32. The smallest absolute Gasteiger partial charge is 0.238 e. The number of thiophene rings is 1. The number of amides is 1. The molecule has 2 saturated heterocycles. The molecule has 0 spiro atoms. The molecule has 2 fully saturated rings. The molecule has 0 saturated carbocycles. The number of carbonyl (C=O) groups excluding carboxylic acids is 1. The van der Waals surface area contributed by atoms with Gasteiger partial charge in [0.2, 0.25) is 5.91 Å². The van der Waals surface area contributed by atoms with E-state index in [1.807, 2.05) is 12.1 Å². The molecule has 4 rings (SSSR count). The van der Waals surface area contributed by atoms with E-state index >= 15 is 0 Å². The lowest BCUT2D eigenvalue weighted by Gasteiger charge is -2.29. The van der Waals surface area contributed by atoms with Crippen molar-refractivity contribution in [3.63, 3.8) is 0 Å². The number of piperidine rings is 1. The summed E-state index contributed by atoms with van der Waals surface area (Å²) in [6.45, 7) is 5.08. The minimum atomic E-state index is 0.0327. The van der Waals surface area contributed by atoms with Crippen LogP contribution in [0.4, 0.5) is 11.4 Å². The third-order valence-electron chi connectivity index (χ3n) is 5.68. The van der Waals surface area contributed by atoms with Crippen LogP contribution >= 0.6 is 11.3 Å². The van der Waals surface area contributed by atoms with Crippen LogP contribution in [-0.2, 0) is 16.1 Å². The molecule has 1 amide bonds. The fourth-order valence-corrected chi connectivity index (χ4v) is 4.94. The number of nitrogens with one attached hydrogen (secondary N) is 1. The van der Waals surface area contributed by atoms with Crippen LogP contribution in [0.1, 0.15) is 37.0 Å². The third-order valence-corrected chi connectivity index (χ3v) is 6.55. The highest BCUT2D eigenvalue weighted by Gasteiger charge is 2.21. The molecule has 156 valence electrons. The number of hydrogen-bond acceptors (Lipinski definition) is 5. The van der Waals surface area contributed by atoms with Crippen molar-refractivity contribution in [2.24, 2.45) is 0 Å². The molecule has 0 radical (unpaired) electrons. The number of carbonyl (C=O) groups is 1. The molecule has 6 heteroatoms. The van der Waals surface area contributed by atoms with Crippen molar-refractivity contribution in [1.82, 2.24) is 4.90 Å². The van der Waals surface area contributed by atoms with Gasteiger partial charge in [-0.2, -0.15) is 0 Å². The Morgan fingerprint density at radius 2 is 1.97 bits per heavy atom. The lowest BCUT2D eigenvalue weighted by atomic mass is 10.1. The maximum Gasteiger partial charge on any atom is 0.238 e. The van der Waals surface area contributed by atoms with E-state index in [2.05, 4.69) is 44.8 Å². The van der Waals surface area contributed by atoms with Crippen LogP contribution in [0.25, 0.3) is 0 Å². The van der Waals surface area contributed by atoms with Crippen LogP contribution < -0.4 is 10.2 Å². The third kappa shape index (κ3) is 6.04. The number of ether oxygens (including phenoxy) is 1. The number of nitrogens with zero attached hydrogens (tertiary/aromatic N) is 2. The van der Waals surface area contributed by atoms with Gasteiger partial charge in [0.05, 0.1) is 12.6 Å². The monoisotopic (exact) mass is 413 g/mol. The summed E-state index contributed by atoms with van der Waals surface area (Å²) in [6.07, 6.45) is 6.31. The van der Waals surface area contributed by atoms with Gasteiger partial charge in [0.25, 0.3) is 0 Å². The van der Waals surface area contributed by atoms with Gasteiger partial charge in [0.1, 0.15) is 0 Å². The maximum atomic E-state index is 12.7. The van der Waals surface area contributed by atoms with Crippen LogP contribution in [-0.4, -0.2) is 49.7 Å². The lowest BCUT2D eigenvalue weighted by molar-refractivity contribution is -0.117. The largest absolute Gasteiger partial charge is 0.377 e.